The third-order valence-corrected chi connectivity index (χ3v) is 3.75. The zero-order valence-electron chi connectivity index (χ0n) is 11.7. The Bertz CT molecular complexity index is 410. The lowest BCUT2D eigenvalue weighted by atomic mass is 9.93. The number of aromatic nitrogens is 2. The molecule has 0 atom stereocenters. The van der Waals surface area contributed by atoms with E-state index in [0.29, 0.717) is 12.3 Å². The highest BCUT2D eigenvalue weighted by Crippen LogP contribution is 2.22. The molecule has 1 aliphatic heterocycles. The van der Waals surface area contributed by atoms with Gasteiger partial charge in [-0.25, -0.2) is 9.97 Å². The van der Waals surface area contributed by atoms with E-state index in [2.05, 4.69) is 27.1 Å². The molecule has 0 aromatic carbocycles. The van der Waals surface area contributed by atoms with E-state index >= 15 is 0 Å². The molecule has 0 bridgehead atoms. The second-order valence-electron chi connectivity index (χ2n) is 5.05. The molecule has 1 amide bonds. The van der Waals surface area contributed by atoms with E-state index < -0.39 is 0 Å². The Kier molecular flexibility index (Phi) is 4.71. The second kappa shape index (κ2) is 6.50. The zero-order chi connectivity index (χ0) is 13.7. The number of nitrogens with one attached hydrogen (secondary N) is 1. The molecule has 0 saturated carbocycles. The van der Waals surface area contributed by atoms with Gasteiger partial charge in [-0.1, -0.05) is 6.92 Å². The van der Waals surface area contributed by atoms with E-state index in [9.17, 15) is 4.79 Å². The molecule has 5 heteroatoms. The van der Waals surface area contributed by atoms with Crippen molar-refractivity contribution in [2.75, 3.05) is 25.0 Å². The van der Waals surface area contributed by atoms with E-state index in [1.165, 1.54) is 5.56 Å². The van der Waals surface area contributed by atoms with Crippen LogP contribution in [0.2, 0.25) is 0 Å². The van der Waals surface area contributed by atoms with Crippen LogP contribution in [-0.2, 0) is 11.2 Å². The summed E-state index contributed by atoms with van der Waals surface area (Å²) in [5.41, 5.74) is 1.17. The van der Waals surface area contributed by atoms with E-state index in [0.717, 1.165) is 38.3 Å². The van der Waals surface area contributed by atoms with Gasteiger partial charge >= 0.3 is 0 Å². The highest BCUT2D eigenvalue weighted by atomic mass is 16.1. The summed E-state index contributed by atoms with van der Waals surface area (Å²) in [4.78, 5) is 22.4. The zero-order valence-corrected chi connectivity index (χ0v) is 11.7. The van der Waals surface area contributed by atoms with Crippen LogP contribution in [0.25, 0.3) is 0 Å². The number of hydrogen-bond donors (Lipinski definition) is 1. The van der Waals surface area contributed by atoms with E-state index in [-0.39, 0.29) is 5.91 Å². The highest BCUT2D eigenvalue weighted by Gasteiger charge is 2.22. The van der Waals surface area contributed by atoms with Crippen LogP contribution < -0.4 is 10.2 Å². The average molecular weight is 262 g/mol. The standard InChI is InChI=1S/C14H22N4O/c1-3-11-9-16-14(17-10-11)18-6-4-12(5-7-18)8-13(19)15-2/h9-10,12H,3-8H2,1-2H3,(H,15,19). The summed E-state index contributed by atoms with van der Waals surface area (Å²) in [7, 11) is 1.70. The van der Waals surface area contributed by atoms with Crippen molar-refractivity contribution in [1.29, 1.82) is 0 Å². The van der Waals surface area contributed by atoms with Gasteiger partial charge in [-0.2, -0.15) is 0 Å². The molecule has 0 unspecified atom stereocenters. The quantitative estimate of drug-likeness (QED) is 0.891. The van der Waals surface area contributed by atoms with Crippen LogP contribution in [0.1, 0.15) is 31.7 Å². The minimum Gasteiger partial charge on any atom is -0.359 e. The number of carbonyl (C=O) groups excluding carboxylic acids is 1. The molecule has 0 radical (unpaired) electrons. The summed E-state index contributed by atoms with van der Waals surface area (Å²) >= 11 is 0. The number of carbonyl (C=O) groups is 1. The molecular weight excluding hydrogens is 240 g/mol. The first-order valence-corrected chi connectivity index (χ1v) is 6.99. The summed E-state index contributed by atoms with van der Waals surface area (Å²) in [6, 6.07) is 0. The number of anilines is 1. The Labute approximate surface area is 114 Å². The van der Waals surface area contributed by atoms with Gasteiger partial charge in [0.15, 0.2) is 0 Å². The van der Waals surface area contributed by atoms with Crippen LogP contribution in [0.15, 0.2) is 12.4 Å². The Morgan fingerprint density at radius 2 is 2.00 bits per heavy atom. The molecule has 1 fully saturated rings. The lowest BCUT2D eigenvalue weighted by Gasteiger charge is -2.31. The van der Waals surface area contributed by atoms with Crippen molar-refractivity contribution < 1.29 is 4.79 Å². The fourth-order valence-corrected chi connectivity index (χ4v) is 2.40. The maximum Gasteiger partial charge on any atom is 0.225 e. The Morgan fingerprint density at radius 3 is 2.53 bits per heavy atom. The minimum absolute atomic E-state index is 0.141. The highest BCUT2D eigenvalue weighted by molar-refractivity contribution is 5.75. The van der Waals surface area contributed by atoms with Crippen LogP contribution in [0.3, 0.4) is 0 Å². The largest absolute Gasteiger partial charge is 0.359 e. The number of rotatable bonds is 4. The molecule has 2 heterocycles. The van der Waals surface area contributed by atoms with Crippen molar-refractivity contribution in [3.05, 3.63) is 18.0 Å². The molecule has 19 heavy (non-hydrogen) atoms. The molecule has 5 nitrogen and oxygen atoms in total. The third kappa shape index (κ3) is 3.66. The molecule has 1 aromatic rings. The molecular formula is C14H22N4O. The van der Waals surface area contributed by atoms with Gasteiger partial charge in [0, 0.05) is 39.0 Å². The van der Waals surface area contributed by atoms with Crippen molar-refractivity contribution >= 4 is 11.9 Å². The van der Waals surface area contributed by atoms with Crippen LogP contribution in [-0.4, -0.2) is 36.0 Å². The van der Waals surface area contributed by atoms with Crippen LogP contribution in [0.5, 0.6) is 0 Å². The van der Waals surface area contributed by atoms with Gasteiger partial charge in [0.25, 0.3) is 0 Å². The summed E-state index contributed by atoms with van der Waals surface area (Å²) in [5.74, 6) is 1.45. The maximum absolute atomic E-state index is 11.4. The molecule has 1 N–H and O–H groups in total. The summed E-state index contributed by atoms with van der Waals surface area (Å²) < 4.78 is 0. The summed E-state index contributed by atoms with van der Waals surface area (Å²) in [5, 5.41) is 2.69. The second-order valence-corrected chi connectivity index (χ2v) is 5.05. The lowest BCUT2D eigenvalue weighted by molar-refractivity contribution is -0.121. The van der Waals surface area contributed by atoms with Gasteiger partial charge in [0.2, 0.25) is 11.9 Å². The van der Waals surface area contributed by atoms with Crippen molar-refractivity contribution in [2.24, 2.45) is 5.92 Å². The predicted octanol–water partition coefficient (Wildman–Crippen LogP) is 1.39. The lowest BCUT2D eigenvalue weighted by Crippen LogP contribution is -2.36. The van der Waals surface area contributed by atoms with Gasteiger partial charge < -0.3 is 10.2 Å². The first kappa shape index (κ1) is 13.8. The van der Waals surface area contributed by atoms with Crippen LogP contribution in [0.4, 0.5) is 5.95 Å². The van der Waals surface area contributed by atoms with Gasteiger partial charge in [-0.05, 0) is 30.7 Å². The van der Waals surface area contributed by atoms with E-state index in [4.69, 9.17) is 0 Å². The normalized spacial score (nSPS) is 16.4. The molecule has 104 valence electrons. The minimum atomic E-state index is 0.141. The fourth-order valence-electron chi connectivity index (χ4n) is 2.40. The Balaban J connectivity index is 1.86. The fraction of sp³-hybridized carbons (Fsp3) is 0.643. The van der Waals surface area contributed by atoms with Gasteiger partial charge in [0.1, 0.15) is 0 Å². The van der Waals surface area contributed by atoms with Gasteiger partial charge in [-0.3, -0.25) is 4.79 Å². The molecule has 1 aromatic heterocycles. The first-order valence-electron chi connectivity index (χ1n) is 6.99. The van der Waals surface area contributed by atoms with Crippen LogP contribution >= 0.6 is 0 Å². The smallest absolute Gasteiger partial charge is 0.225 e. The van der Waals surface area contributed by atoms with E-state index in [1.807, 2.05) is 12.4 Å². The van der Waals surface area contributed by atoms with Crippen LogP contribution in [0, 0.1) is 5.92 Å². The average Bonchev–Trinajstić information content (AvgIpc) is 2.48. The van der Waals surface area contributed by atoms with Crippen molar-refractivity contribution in [3.63, 3.8) is 0 Å². The Morgan fingerprint density at radius 1 is 1.37 bits per heavy atom. The van der Waals surface area contributed by atoms with Gasteiger partial charge in [0.05, 0.1) is 0 Å². The SMILES string of the molecule is CCc1cnc(N2CCC(CC(=O)NC)CC2)nc1. The number of nitrogens with zero attached hydrogens (tertiary/aromatic N) is 3. The summed E-state index contributed by atoms with van der Waals surface area (Å²) in [6.45, 7) is 3.98. The third-order valence-electron chi connectivity index (χ3n) is 3.75. The monoisotopic (exact) mass is 262 g/mol. The predicted molar refractivity (Wildman–Crippen MR) is 75.0 cm³/mol. The molecule has 2 rings (SSSR count). The summed E-state index contributed by atoms with van der Waals surface area (Å²) in [6.07, 6.45) is 7.48. The van der Waals surface area contributed by atoms with Gasteiger partial charge in [-0.15, -0.1) is 0 Å². The first-order chi connectivity index (χ1) is 9.22. The molecule has 0 spiro atoms. The Hall–Kier alpha value is -1.65. The maximum atomic E-state index is 11.4. The molecule has 1 saturated heterocycles. The molecule has 1 aliphatic rings. The topological polar surface area (TPSA) is 58.1 Å². The van der Waals surface area contributed by atoms with Crippen molar-refractivity contribution in [1.82, 2.24) is 15.3 Å². The van der Waals surface area contributed by atoms with Crippen molar-refractivity contribution in [2.45, 2.75) is 32.6 Å². The number of aryl methyl sites for hydroxylation is 1. The number of piperidine rings is 1. The number of amides is 1. The number of hydrogen-bond acceptors (Lipinski definition) is 4. The molecule has 0 aliphatic carbocycles. The van der Waals surface area contributed by atoms with Crippen molar-refractivity contribution in [3.8, 4) is 0 Å². The van der Waals surface area contributed by atoms with E-state index in [1.54, 1.807) is 7.05 Å².